The minimum Gasteiger partial charge on any atom is -0.353 e. The van der Waals surface area contributed by atoms with E-state index in [1.807, 2.05) is 24.3 Å². The molecule has 2 fully saturated rings. The third-order valence-electron chi connectivity index (χ3n) is 5.45. The fraction of sp³-hybridized carbons (Fsp3) is 0.381. The molecule has 152 valence electrons. The molecule has 1 saturated heterocycles. The Morgan fingerprint density at radius 1 is 1.10 bits per heavy atom. The van der Waals surface area contributed by atoms with Crippen molar-refractivity contribution in [3.05, 3.63) is 52.8 Å². The Labute approximate surface area is 179 Å². The molecule has 1 aliphatic carbocycles. The van der Waals surface area contributed by atoms with E-state index in [-0.39, 0.29) is 0 Å². The molecule has 0 radical (unpaired) electrons. The zero-order valence-corrected chi connectivity index (χ0v) is 17.1. The van der Waals surface area contributed by atoms with Gasteiger partial charge in [0, 0.05) is 42.7 Å². The highest BCUT2D eigenvalue weighted by Crippen LogP contribution is 2.38. The fourth-order valence-corrected chi connectivity index (χ4v) is 3.71. The highest BCUT2D eigenvalue weighted by molar-refractivity contribution is 6.30. The van der Waals surface area contributed by atoms with E-state index in [1.165, 1.54) is 0 Å². The Balaban J connectivity index is 1.22. The van der Waals surface area contributed by atoms with Gasteiger partial charge in [-0.15, -0.1) is 0 Å². The van der Waals surface area contributed by atoms with Crippen molar-refractivity contribution in [1.82, 2.24) is 25.0 Å². The van der Waals surface area contributed by atoms with Crippen LogP contribution in [0.15, 0.2) is 35.0 Å². The van der Waals surface area contributed by atoms with Gasteiger partial charge >= 0.3 is 0 Å². The molecule has 3 aromatic rings. The van der Waals surface area contributed by atoms with Gasteiger partial charge in [-0.05, 0) is 37.1 Å². The van der Waals surface area contributed by atoms with Gasteiger partial charge in [-0.2, -0.15) is 10.2 Å². The van der Waals surface area contributed by atoms with Gasteiger partial charge in [0.25, 0.3) is 0 Å². The number of piperazine rings is 1. The lowest BCUT2D eigenvalue weighted by Crippen LogP contribution is -2.46. The molecule has 0 unspecified atom stereocenters. The van der Waals surface area contributed by atoms with Gasteiger partial charge < -0.3 is 9.42 Å². The van der Waals surface area contributed by atoms with Crippen molar-refractivity contribution >= 4 is 17.4 Å². The van der Waals surface area contributed by atoms with Crippen LogP contribution < -0.4 is 4.90 Å². The van der Waals surface area contributed by atoms with Crippen LogP contribution in [0.1, 0.15) is 36.0 Å². The molecule has 3 heterocycles. The maximum Gasteiger partial charge on any atom is 0.241 e. The molecule has 1 saturated carbocycles. The van der Waals surface area contributed by atoms with E-state index in [0.717, 1.165) is 56.2 Å². The van der Waals surface area contributed by atoms with Crippen LogP contribution in [0, 0.1) is 11.3 Å². The molecule has 9 heteroatoms. The Kier molecular flexibility index (Phi) is 5.07. The summed E-state index contributed by atoms with van der Waals surface area (Å²) in [6, 6.07) is 9.60. The summed E-state index contributed by atoms with van der Waals surface area (Å²) in [7, 11) is 0. The van der Waals surface area contributed by atoms with Crippen LogP contribution in [-0.2, 0) is 6.54 Å². The van der Waals surface area contributed by atoms with Gasteiger partial charge in [-0.25, -0.2) is 9.97 Å². The van der Waals surface area contributed by atoms with Crippen molar-refractivity contribution in [1.29, 1.82) is 5.26 Å². The van der Waals surface area contributed by atoms with E-state index in [0.29, 0.717) is 34.8 Å². The largest absolute Gasteiger partial charge is 0.353 e. The number of aromatic nitrogens is 4. The summed E-state index contributed by atoms with van der Waals surface area (Å²) < 4.78 is 5.44. The third kappa shape index (κ3) is 3.99. The maximum absolute atomic E-state index is 9.45. The lowest BCUT2D eigenvalue weighted by molar-refractivity contribution is 0.215. The van der Waals surface area contributed by atoms with Crippen LogP contribution in [0.5, 0.6) is 0 Å². The molecular weight excluding hydrogens is 402 g/mol. The monoisotopic (exact) mass is 421 g/mol. The van der Waals surface area contributed by atoms with E-state index in [1.54, 1.807) is 6.20 Å². The van der Waals surface area contributed by atoms with Crippen molar-refractivity contribution in [2.45, 2.75) is 25.3 Å². The van der Waals surface area contributed by atoms with Gasteiger partial charge in [-0.3, -0.25) is 4.90 Å². The second kappa shape index (κ2) is 8.01. The number of nitriles is 1. The summed E-state index contributed by atoms with van der Waals surface area (Å²) in [6.07, 6.45) is 3.95. The summed E-state index contributed by atoms with van der Waals surface area (Å²) in [5.41, 5.74) is 1.41. The minimum atomic E-state index is 0.463. The van der Waals surface area contributed by atoms with E-state index < -0.39 is 0 Å². The highest BCUT2D eigenvalue weighted by Gasteiger charge is 2.29. The molecule has 2 aliphatic rings. The molecule has 1 aliphatic heterocycles. The average Bonchev–Trinajstić information content (AvgIpc) is 3.53. The molecule has 0 atom stereocenters. The normalized spacial score (nSPS) is 17.1. The van der Waals surface area contributed by atoms with Gasteiger partial charge in [0.15, 0.2) is 0 Å². The van der Waals surface area contributed by atoms with Crippen LogP contribution in [0.2, 0.25) is 5.02 Å². The number of rotatable bonds is 5. The van der Waals surface area contributed by atoms with Crippen molar-refractivity contribution in [3.8, 4) is 17.5 Å². The number of hydrogen-bond acceptors (Lipinski definition) is 8. The standard InChI is InChI=1S/C21H20ClN7O/c22-17-5-3-15(4-6-17)20-25-18(30-27-20)13-28-7-9-29(10-8-28)21-16(11-23)12-24-19(26-21)14-1-2-14/h3-6,12,14H,1-2,7-10,13H2. The Morgan fingerprint density at radius 2 is 1.87 bits per heavy atom. The van der Waals surface area contributed by atoms with Crippen LogP contribution in [0.3, 0.4) is 0 Å². The minimum absolute atomic E-state index is 0.463. The van der Waals surface area contributed by atoms with Crippen molar-refractivity contribution in [2.24, 2.45) is 0 Å². The van der Waals surface area contributed by atoms with E-state index in [9.17, 15) is 5.26 Å². The second-order valence-electron chi connectivity index (χ2n) is 7.63. The SMILES string of the molecule is N#Cc1cnc(C2CC2)nc1N1CCN(Cc2nc(-c3ccc(Cl)cc3)no2)CC1. The number of benzene rings is 1. The maximum atomic E-state index is 9.45. The zero-order chi connectivity index (χ0) is 20.5. The summed E-state index contributed by atoms with van der Waals surface area (Å²) >= 11 is 5.93. The number of hydrogen-bond donors (Lipinski definition) is 0. The fourth-order valence-electron chi connectivity index (χ4n) is 3.59. The van der Waals surface area contributed by atoms with Gasteiger partial charge in [-0.1, -0.05) is 16.8 Å². The van der Waals surface area contributed by atoms with Crippen LogP contribution in [0.25, 0.3) is 11.4 Å². The molecule has 5 rings (SSSR count). The van der Waals surface area contributed by atoms with E-state index in [4.69, 9.17) is 21.1 Å². The molecule has 0 N–H and O–H groups in total. The van der Waals surface area contributed by atoms with Crippen LogP contribution in [-0.4, -0.2) is 51.2 Å². The van der Waals surface area contributed by atoms with Gasteiger partial charge in [0.1, 0.15) is 23.3 Å². The van der Waals surface area contributed by atoms with E-state index >= 15 is 0 Å². The quantitative estimate of drug-likeness (QED) is 0.619. The van der Waals surface area contributed by atoms with Crippen molar-refractivity contribution < 1.29 is 4.52 Å². The van der Waals surface area contributed by atoms with Gasteiger partial charge in [0.2, 0.25) is 11.7 Å². The molecule has 8 nitrogen and oxygen atoms in total. The molecule has 0 spiro atoms. The first-order valence-corrected chi connectivity index (χ1v) is 10.4. The predicted molar refractivity (Wildman–Crippen MR) is 111 cm³/mol. The molecule has 30 heavy (non-hydrogen) atoms. The third-order valence-corrected chi connectivity index (χ3v) is 5.70. The smallest absolute Gasteiger partial charge is 0.241 e. The van der Waals surface area contributed by atoms with Crippen molar-refractivity contribution in [3.63, 3.8) is 0 Å². The molecular formula is C21H20ClN7O. The number of nitrogens with zero attached hydrogens (tertiary/aromatic N) is 7. The molecule has 0 amide bonds. The Hall–Kier alpha value is -3.02. The molecule has 0 bridgehead atoms. The topological polar surface area (TPSA) is 95.0 Å². The lowest BCUT2D eigenvalue weighted by Gasteiger charge is -2.35. The second-order valence-corrected chi connectivity index (χ2v) is 8.07. The first-order valence-electron chi connectivity index (χ1n) is 10.0. The van der Waals surface area contributed by atoms with Crippen molar-refractivity contribution in [2.75, 3.05) is 31.1 Å². The average molecular weight is 422 g/mol. The van der Waals surface area contributed by atoms with E-state index in [2.05, 4.69) is 31.0 Å². The molecule has 2 aromatic heterocycles. The summed E-state index contributed by atoms with van der Waals surface area (Å²) in [5.74, 6) is 3.24. The van der Waals surface area contributed by atoms with Gasteiger partial charge in [0.05, 0.1) is 12.7 Å². The first-order chi connectivity index (χ1) is 14.7. The Morgan fingerprint density at radius 3 is 2.57 bits per heavy atom. The number of anilines is 1. The summed E-state index contributed by atoms with van der Waals surface area (Å²) in [6.45, 7) is 3.82. The predicted octanol–water partition coefficient (Wildman–Crippen LogP) is 3.25. The van der Waals surface area contributed by atoms with Crippen LogP contribution >= 0.6 is 11.6 Å². The first kappa shape index (κ1) is 19.0. The highest BCUT2D eigenvalue weighted by atomic mass is 35.5. The molecule has 1 aromatic carbocycles. The Bertz CT molecular complexity index is 1080. The van der Waals surface area contributed by atoms with Crippen LogP contribution in [0.4, 0.5) is 5.82 Å². The lowest BCUT2D eigenvalue weighted by atomic mass is 10.2. The zero-order valence-electron chi connectivity index (χ0n) is 16.3. The number of halogens is 1. The summed E-state index contributed by atoms with van der Waals surface area (Å²) in [5, 5.41) is 14.2. The summed E-state index contributed by atoms with van der Waals surface area (Å²) in [4.78, 5) is 18.0.